The zero-order valence-electron chi connectivity index (χ0n) is 17.3. The first kappa shape index (κ1) is 21.5. The Kier molecular flexibility index (Phi) is 6.23. The Bertz CT molecular complexity index is 1210. The third-order valence-corrected chi connectivity index (χ3v) is 5.78. The third kappa shape index (κ3) is 4.87. The fourth-order valence-corrected chi connectivity index (χ4v) is 3.43. The van der Waals surface area contributed by atoms with Gasteiger partial charge in [0.05, 0.1) is 6.54 Å². The lowest BCUT2D eigenvalue weighted by atomic mass is 10.1. The fraction of sp³-hybridized carbons (Fsp3) is 0.238. The van der Waals surface area contributed by atoms with Gasteiger partial charge < -0.3 is 9.32 Å². The average molecular weight is 429 g/mol. The molecule has 0 aliphatic heterocycles. The number of carbonyl (C=O) groups is 1. The molecule has 1 amide bonds. The number of nitrogens with one attached hydrogen (secondary N) is 2. The van der Waals surface area contributed by atoms with Crippen LogP contribution in [0.4, 0.5) is 5.82 Å². The van der Waals surface area contributed by atoms with Crippen LogP contribution in [0.2, 0.25) is 0 Å². The molecule has 0 saturated carbocycles. The summed E-state index contributed by atoms with van der Waals surface area (Å²) < 4.78 is 33.4. The summed E-state index contributed by atoms with van der Waals surface area (Å²) in [6.45, 7) is 4.14. The summed E-state index contributed by atoms with van der Waals surface area (Å²) >= 11 is 0. The fourth-order valence-electron chi connectivity index (χ4n) is 2.94. The standard InChI is InChI=1S/C21H24N4O4S/c1-14-11-20(24-30(27,28)22-3)23-12-16(14)9-10-21(26)25(4)13-19-15(2)17-7-5-6-8-18(17)29-19/h5-12,22H,13H2,1-4H3,(H,23,24)/b10-9+. The summed E-state index contributed by atoms with van der Waals surface area (Å²) in [5.41, 5.74) is 3.31. The highest BCUT2D eigenvalue weighted by atomic mass is 32.2. The molecular formula is C21H24N4O4S. The van der Waals surface area contributed by atoms with Gasteiger partial charge in [0.2, 0.25) is 5.91 Å². The molecule has 158 valence electrons. The quantitative estimate of drug-likeness (QED) is 0.563. The minimum Gasteiger partial charge on any atom is -0.459 e. The van der Waals surface area contributed by atoms with E-state index in [-0.39, 0.29) is 11.7 Å². The summed E-state index contributed by atoms with van der Waals surface area (Å²) in [6, 6.07) is 9.37. The Morgan fingerprint density at radius 3 is 2.67 bits per heavy atom. The molecule has 0 fully saturated rings. The monoisotopic (exact) mass is 428 g/mol. The van der Waals surface area contributed by atoms with Crippen LogP contribution in [0, 0.1) is 13.8 Å². The molecule has 0 spiro atoms. The maximum absolute atomic E-state index is 12.5. The van der Waals surface area contributed by atoms with E-state index in [0.29, 0.717) is 12.1 Å². The molecule has 3 rings (SSSR count). The smallest absolute Gasteiger partial charge is 0.300 e. The first-order valence-electron chi connectivity index (χ1n) is 9.28. The lowest BCUT2D eigenvalue weighted by Crippen LogP contribution is -2.26. The van der Waals surface area contributed by atoms with E-state index >= 15 is 0 Å². The second kappa shape index (κ2) is 8.68. The normalized spacial score (nSPS) is 11.9. The van der Waals surface area contributed by atoms with Crippen LogP contribution in [-0.2, 0) is 21.5 Å². The molecule has 0 aliphatic rings. The maximum Gasteiger partial charge on any atom is 0.300 e. The van der Waals surface area contributed by atoms with Crippen LogP contribution >= 0.6 is 0 Å². The zero-order valence-corrected chi connectivity index (χ0v) is 18.1. The molecule has 2 N–H and O–H groups in total. The molecule has 0 unspecified atom stereocenters. The van der Waals surface area contributed by atoms with E-state index < -0.39 is 10.2 Å². The predicted molar refractivity (Wildman–Crippen MR) is 117 cm³/mol. The van der Waals surface area contributed by atoms with Gasteiger partial charge in [-0.05, 0) is 43.2 Å². The summed E-state index contributed by atoms with van der Waals surface area (Å²) in [7, 11) is -0.617. The van der Waals surface area contributed by atoms with Crippen LogP contribution in [-0.4, -0.2) is 38.3 Å². The van der Waals surface area contributed by atoms with Crippen molar-refractivity contribution < 1.29 is 17.6 Å². The largest absolute Gasteiger partial charge is 0.459 e. The second-order valence-electron chi connectivity index (χ2n) is 6.91. The number of fused-ring (bicyclic) bond motifs is 1. The summed E-state index contributed by atoms with van der Waals surface area (Å²) in [5, 5.41) is 1.04. The lowest BCUT2D eigenvalue weighted by molar-refractivity contribution is -0.125. The number of pyridine rings is 1. The Morgan fingerprint density at radius 2 is 2.00 bits per heavy atom. The van der Waals surface area contributed by atoms with Crippen molar-refractivity contribution in [2.75, 3.05) is 18.8 Å². The number of hydrogen-bond donors (Lipinski definition) is 2. The van der Waals surface area contributed by atoms with Crippen molar-refractivity contribution in [1.29, 1.82) is 0 Å². The molecule has 2 heterocycles. The van der Waals surface area contributed by atoms with Crippen LogP contribution in [0.1, 0.15) is 22.5 Å². The molecular weight excluding hydrogens is 404 g/mol. The van der Waals surface area contributed by atoms with E-state index in [1.54, 1.807) is 24.1 Å². The number of anilines is 1. The van der Waals surface area contributed by atoms with Gasteiger partial charge in [-0.1, -0.05) is 18.2 Å². The molecule has 9 heteroatoms. The van der Waals surface area contributed by atoms with Gasteiger partial charge in [-0.15, -0.1) is 0 Å². The summed E-state index contributed by atoms with van der Waals surface area (Å²) in [5.74, 6) is 0.761. The van der Waals surface area contributed by atoms with Gasteiger partial charge in [-0.25, -0.2) is 9.71 Å². The van der Waals surface area contributed by atoms with Gasteiger partial charge >= 0.3 is 0 Å². The Labute approximate surface area is 175 Å². The van der Waals surface area contributed by atoms with Gasteiger partial charge in [0.1, 0.15) is 17.2 Å². The number of amides is 1. The number of likely N-dealkylation sites (N-methyl/N-ethyl adjacent to an activating group) is 1. The van der Waals surface area contributed by atoms with Crippen molar-refractivity contribution in [3.63, 3.8) is 0 Å². The number of carbonyl (C=O) groups excluding carboxylic acids is 1. The van der Waals surface area contributed by atoms with Crippen molar-refractivity contribution in [2.24, 2.45) is 0 Å². The van der Waals surface area contributed by atoms with Crippen LogP contribution in [0.25, 0.3) is 17.0 Å². The number of hydrogen-bond acceptors (Lipinski definition) is 5. The van der Waals surface area contributed by atoms with E-state index in [4.69, 9.17) is 4.42 Å². The van der Waals surface area contributed by atoms with Crippen molar-refractivity contribution in [2.45, 2.75) is 20.4 Å². The summed E-state index contributed by atoms with van der Waals surface area (Å²) in [6.07, 6.45) is 4.62. The lowest BCUT2D eigenvalue weighted by Gasteiger charge is -2.14. The van der Waals surface area contributed by atoms with E-state index in [1.165, 1.54) is 19.3 Å². The molecule has 0 aliphatic carbocycles. The van der Waals surface area contributed by atoms with Gasteiger partial charge in [0, 0.05) is 37.3 Å². The highest BCUT2D eigenvalue weighted by Crippen LogP contribution is 2.25. The zero-order chi connectivity index (χ0) is 21.9. The van der Waals surface area contributed by atoms with Gasteiger partial charge in [0.15, 0.2) is 0 Å². The first-order chi connectivity index (χ1) is 14.2. The Morgan fingerprint density at radius 1 is 1.27 bits per heavy atom. The molecule has 0 bridgehead atoms. The number of rotatable bonds is 7. The number of nitrogens with zero attached hydrogens (tertiary/aromatic N) is 2. The highest BCUT2D eigenvalue weighted by Gasteiger charge is 2.14. The number of furan rings is 1. The number of aromatic nitrogens is 1. The minimum atomic E-state index is -3.63. The van der Waals surface area contributed by atoms with Gasteiger partial charge in [-0.3, -0.25) is 9.52 Å². The Balaban J connectivity index is 1.69. The maximum atomic E-state index is 12.5. The van der Waals surface area contributed by atoms with Crippen LogP contribution in [0.3, 0.4) is 0 Å². The van der Waals surface area contributed by atoms with E-state index in [2.05, 4.69) is 14.4 Å². The van der Waals surface area contributed by atoms with Crippen molar-refractivity contribution in [1.82, 2.24) is 14.6 Å². The van der Waals surface area contributed by atoms with Crippen molar-refractivity contribution in [3.8, 4) is 0 Å². The van der Waals surface area contributed by atoms with Gasteiger partial charge in [-0.2, -0.15) is 8.42 Å². The van der Waals surface area contributed by atoms with Crippen molar-refractivity contribution in [3.05, 3.63) is 65.1 Å². The third-order valence-electron chi connectivity index (χ3n) is 4.76. The number of benzene rings is 1. The van der Waals surface area contributed by atoms with Crippen molar-refractivity contribution >= 4 is 39.0 Å². The molecule has 1 aromatic carbocycles. The topological polar surface area (TPSA) is 105 Å². The van der Waals surface area contributed by atoms with E-state index in [0.717, 1.165) is 27.9 Å². The van der Waals surface area contributed by atoms with Gasteiger partial charge in [0.25, 0.3) is 10.2 Å². The number of aryl methyl sites for hydroxylation is 2. The van der Waals surface area contributed by atoms with Crippen LogP contribution in [0.15, 0.2) is 47.0 Å². The predicted octanol–water partition coefficient (Wildman–Crippen LogP) is 2.99. The van der Waals surface area contributed by atoms with Crippen LogP contribution < -0.4 is 9.44 Å². The molecule has 2 aromatic heterocycles. The molecule has 30 heavy (non-hydrogen) atoms. The minimum absolute atomic E-state index is 0.186. The highest BCUT2D eigenvalue weighted by molar-refractivity contribution is 7.90. The molecule has 8 nitrogen and oxygen atoms in total. The number of para-hydroxylation sites is 1. The van der Waals surface area contributed by atoms with Crippen LogP contribution in [0.5, 0.6) is 0 Å². The Hall–Kier alpha value is -3.17. The first-order valence-corrected chi connectivity index (χ1v) is 10.8. The molecule has 3 aromatic rings. The second-order valence-corrected chi connectivity index (χ2v) is 8.53. The van der Waals surface area contributed by atoms with E-state index in [1.807, 2.05) is 38.1 Å². The molecule has 0 saturated heterocycles. The SMILES string of the molecule is CNS(=O)(=O)Nc1cc(C)c(/C=C/C(=O)N(C)Cc2oc3ccccc3c2C)cn1. The molecule has 0 atom stereocenters. The average Bonchev–Trinajstić information content (AvgIpc) is 3.02. The van der Waals surface area contributed by atoms with E-state index in [9.17, 15) is 13.2 Å². The molecule has 0 radical (unpaired) electrons. The summed E-state index contributed by atoms with van der Waals surface area (Å²) in [4.78, 5) is 18.2.